The third-order valence-corrected chi connectivity index (χ3v) is 3.04. The zero-order valence-electron chi connectivity index (χ0n) is 10.3. The molecule has 3 nitrogen and oxygen atoms in total. The summed E-state index contributed by atoms with van der Waals surface area (Å²) in [6.45, 7) is 5.05. The highest BCUT2D eigenvalue weighted by Gasteiger charge is 2.11. The van der Waals surface area contributed by atoms with Gasteiger partial charge in [-0.2, -0.15) is 0 Å². The Morgan fingerprint density at radius 2 is 2.06 bits per heavy atom. The lowest BCUT2D eigenvalue weighted by molar-refractivity contribution is -0.902. The fourth-order valence-corrected chi connectivity index (χ4v) is 2.02. The van der Waals surface area contributed by atoms with Crippen LogP contribution in [0.3, 0.4) is 0 Å². The number of para-hydroxylation sites is 1. The first-order chi connectivity index (χ1) is 8.40. The van der Waals surface area contributed by atoms with Gasteiger partial charge in [-0.05, 0) is 18.2 Å². The van der Waals surface area contributed by atoms with Crippen LogP contribution in [0, 0.1) is 0 Å². The van der Waals surface area contributed by atoms with Crippen molar-refractivity contribution < 1.29 is 14.4 Å². The Morgan fingerprint density at radius 3 is 2.82 bits per heavy atom. The molecule has 1 saturated heterocycles. The monoisotopic (exact) mass is 234 g/mol. The van der Waals surface area contributed by atoms with Crippen molar-refractivity contribution in [1.29, 1.82) is 0 Å². The van der Waals surface area contributed by atoms with Crippen LogP contribution >= 0.6 is 0 Å². The molecule has 1 heterocycles. The second-order valence-corrected chi connectivity index (χ2v) is 4.21. The van der Waals surface area contributed by atoms with Gasteiger partial charge in [0.1, 0.15) is 18.8 Å². The first-order valence-electron chi connectivity index (χ1n) is 6.11. The van der Waals surface area contributed by atoms with Crippen molar-refractivity contribution in [1.82, 2.24) is 0 Å². The Labute approximate surface area is 103 Å². The van der Waals surface area contributed by atoms with Gasteiger partial charge in [-0.3, -0.25) is 0 Å². The molecule has 0 atom stereocenters. The molecule has 1 aliphatic rings. The summed E-state index contributed by atoms with van der Waals surface area (Å²) in [7, 11) is 1.71. The Balaban J connectivity index is 1.90. The van der Waals surface area contributed by atoms with Gasteiger partial charge in [0.05, 0.1) is 26.9 Å². The minimum Gasteiger partial charge on any atom is -0.496 e. The molecule has 0 bridgehead atoms. The molecule has 1 fully saturated rings. The molecule has 0 radical (unpaired) electrons. The average molecular weight is 234 g/mol. The molecule has 0 aromatic heterocycles. The highest BCUT2D eigenvalue weighted by atomic mass is 16.5. The predicted octanol–water partition coefficient (Wildman–Crippen LogP) is 0.623. The maximum atomic E-state index is 5.34. The van der Waals surface area contributed by atoms with Gasteiger partial charge < -0.3 is 14.4 Å². The predicted molar refractivity (Wildman–Crippen MR) is 68.4 cm³/mol. The first kappa shape index (κ1) is 12.1. The summed E-state index contributed by atoms with van der Waals surface area (Å²) in [6.07, 6.45) is 4.36. The number of methoxy groups -OCH3 is 1. The molecular weight excluding hydrogens is 214 g/mol. The van der Waals surface area contributed by atoms with E-state index in [0.29, 0.717) is 0 Å². The maximum Gasteiger partial charge on any atom is 0.126 e. The molecule has 1 aromatic rings. The number of quaternary nitrogens is 1. The molecule has 17 heavy (non-hydrogen) atoms. The molecule has 1 aromatic carbocycles. The van der Waals surface area contributed by atoms with Crippen molar-refractivity contribution in [2.75, 3.05) is 40.0 Å². The van der Waals surface area contributed by atoms with Crippen molar-refractivity contribution in [2.24, 2.45) is 0 Å². The van der Waals surface area contributed by atoms with Gasteiger partial charge in [0, 0.05) is 5.56 Å². The summed E-state index contributed by atoms with van der Waals surface area (Å²) >= 11 is 0. The Morgan fingerprint density at radius 1 is 1.29 bits per heavy atom. The lowest BCUT2D eigenvalue weighted by atomic mass is 10.2. The fraction of sp³-hybridized carbons (Fsp3) is 0.429. The summed E-state index contributed by atoms with van der Waals surface area (Å²) in [6, 6.07) is 8.08. The number of ether oxygens (including phenoxy) is 2. The van der Waals surface area contributed by atoms with Crippen molar-refractivity contribution >= 4 is 6.08 Å². The third kappa shape index (κ3) is 3.58. The standard InChI is InChI=1S/C14H19NO2/c1-16-14-7-3-2-5-13(14)6-4-8-15-9-11-17-12-10-15/h2-7H,8-12H2,1H3/p+1. The van der Waals surface area contributed by atoms with Crippen LogP contribution in [0.5, 0.6) is 5.75 Å². The van der Waals surface area contributed by atoms with Crippen molar-refractivity contribution in [3.05, 3.63) is 35.9 Å². The molecule has 1 aliphatic heterocycles. The molecule has 2 rings (SSSR count). The maximum absolute atomic E-state index is 5.34. The summed E-state index contributed by atoms with van der Waals surface area (Å²) in [5, 5.41) is 0. The van der Waals surface area contributed by atoms with Crippen molar-refractivity contribution in [3.8, 4) is 5.75 Å². The van der Waals surface area contributed by atoms with Crippen LogP contribution < -0.4 is 9.64 Å². The molecule has 1 N–H and O–H groups in total. The van der Waals surface area contributed by atoms with Crippen LogP contribution in [-0.2, 0) is 4.74 Å². The van der Waals surface area contributed by atoms with E-state index in [1.165, 1.54) is 0 Å². The average Bonchev–Trinajstić information content (AvgIpc) is 2.40. The number of hydrogen-bond acceptors (Lipinski definition) is 2. The normalized spacial score (nSPS) is 17.5. The topological polar surface area (TPSA) is 22.9 Å². The van der Waals surface area contributed by atoms with Crippen LogP contribution in [-0.4, -0.2) is 40.0 Å². The van der Waals surface area contributed by atoms with Gasteiger partial charge in [0.2, 0.25) is 0 Å². The Bertz CT molecular complexity index is 370. The van der Waals surface area contributed by atoms with Gasteiger partial charge >= 0.3 is 0 Å². The molecule has 3 heteroatoms. The Hall–Kier alpha value is -1.32. The minimum atomic E-state index is 0.887. The third-order valence-electron chi connectivity index (χ3n) is 3.04. The SMILES string of the molecule is COc1ccccc1C=CC[NH+]1CCOCC1. The molecule has 0 saturated carbocycles. The molecule has 92 valence electrons. The van der Waals surface area contributed by atoms with Gasteiger partial charge in [-0.15, -0.1) is 0 Å². The molecule has 0 aliphatic carbocycles. The minimum absolute atomic E-state index is 0.887. The number of rotatable bonds is 4. The van der Waals surface area contributed by atoms with Crippen LogP contribution in [0.2, 0.25) is 0 Å². The van der Waals surface area contributed by atoms with E-state index in [-0.39, 0.29) is 0 Å². The second-order valence-electron chi connectivity index (χ2n) is 4.21. The largest absolute Gasteiger partial charge is 0.496 e. The smallest absolute Gasteiger partial charge is 0.126 e. The van der Waals surface area contributed by atoms with Crippen LogP contribution in [0.15, 0.2) is 30.3 Å². The quantitative estimate of drug-likeness (QED) is 0.825. The van der Waals surface area contributed by atoms with Crippen LogP contribution in [0.4, 0.5) is 0 Å². The van der Waals surface area contributed by atoms with Crippen LogP contribution in [0.1, 0.15) is 5.56 Å². The second kappa shape index (κ2) is 6.42. The summed E-state index contributed by atoms with van der Waals surface area (Å²) in [4.78, 5) is 1.59. The van der Waals surface area contributed by atoms with Gasteiger partial charge in [-0.25, -0.2) is 0 Å². The lowest BCUT2D eigenvalue weighted by Crippen LogP contribution is -3.13. The zero-order valence-corrected chi connectivity index (χ0v) is 10.3. The number of morpholine rings is 1. The van der Waals surface area contributed by atoms with E-state index in [4.69, 9.17) is 9.47 Å². The molecule has 0 unspecified atom stereocenters. The Kier molecular flexibility index (Phi) is 4.59. The summed E-state index contributed by atoms with van der Waals surface area (Å²) in [5.74, 6) is 0.931. The van der Waals surface area contributed by atoms with E-state index >= 15 is 0 Å². The van der Waals surface area contributed by atoms with Crippen LogP contribution in [0.25, 0.3) is 6.08 Å². The van der Waals surface area contributed by atoms with Gasteiger partial charge in [-0.1, -0.05) is 18.2 Å². The highest BCUT2D eigenvalue weighted by molar-refractivity contribution is 5.57. The van der Waals surface area contributed by atoms with E-state index < -0.39 is 0 Å². The lowest BCUT2D eigenvalue weighted by Gasteiger charge is -2.22. The van der Waals surface area contributed by atoms with E-state index in [0.717, 1.165) is 44.2 Å². The van der Waals surface area contributed by atoms with Crippen molar-refractivity contribution in [2.45, 2.75) is 0 Å². The summed E-state index contributed by atoms with van der Waals surface area (Å²) < 4.78 is 10.6. The molecule has 0 spiro atoms. The first-order valence-corrected chi connectivity index (χ1v) is 6.11. The number of nitrogens with one attached hydrogen (secondary N) is 1. The highest BCUT2D eigenvalue weighted by Crippen LogP contribution is 2.18. The van der Waals surface area contributed by atoms with Crippen molar-refractivity contribution in [3.63, 3.8) is 0 Å². The molecular formula is C14H20NO2+. The van der Waals surface area contributed by atoms with E-state index in [9.17, 15) is 0 Å². The van der Waals surface area contributed by atoms with E-state index in [1.54, 1.807) is 12.0 Å². The fourth-order valence-electron chi connectivity index (χ4n) is 2.02. The summed E-state index contributed by atoms with van der Waals surface area (Å²) in [5.41, 5.74) is 1.14. The van der Waals surface area contributed by atoms with E-state index in [1.807, 2.05) is 18.2 Å². The molecule has 0 amide bonds. The van der Waals surface area contributed by atoms with Gasteiger partial charge in [0.15, 0.2) is 0 Å². The zero-order chi connectivity index (χ0) is 11.9. The van der Waals surface area contributed by atoms with E-state index in [2.05, 4.69) is 18.2 Å². The number of benzene rings is 1. The van der Waals surface area contributed by atoms with Gasteiger partial charge in [0.25, 0.3) is 0 Å². The number of hydrogen-bond donors (Lipinski definition) is 1.